The second kappa shape index (κ2) is 30.6. The molecule has 10 heteroatoms. The maximum atomic E-state index is 16.5. The minimum absolute atomic E-state index is 0.0177. The third kappa shape index (κ3) is 16.5. The minimum atomic E-state index is -0.985. The molecule has 0 heterocycles. The van der Waals surface area contributed by atoms with E-state index in [0.717, 1.165) is 50.1 Å². The van der Waals surface area contributed by atoms with Gasteiger partial charge in [-0.3, -0.25) is 9.59 Å². The summed E-state index contributed by atoms with van der Waals surface area (Å²) in [7, 11) is 0. The second-order valence-corrected chi connectivity index (χ2v) is 23.4. The van der Waals surface area contributed by atoms with Gasteiger partial charge in [-0.05, 0) is 121 Å². The Labute approximate surface area is 538 Å². The van der Waals surface area contributed by atoms with E-state index in [2.05, 4.69) is 12.2 Å². The highest BCUT2D eigenvalue weighted by atomic mass is 16.5. The summed E-state index contributed by atoms with van der Waals surface area (Å²) in [6, 6.07) is 76.7. The van der Waals surface area contributed by atoms with E-state index in [1.165, 1.54) is 12.1 Å². The highest BCUT2D eigenvalue weighted by Gasteiger charge is 2.43. The van der Waals surface area contributed by atoms with E-state index in [0.29, 0.717) is 71.5 Å². The lowest BCUT2D eigenvalue weighted by molar-refractivity contribution is 0.0875. The molecule has 0 bridgehead atoms. The molecule has 0 amide bonds. The van der Waals surface area contributed by atoms with Gasteiger partial charge in [-0.15, -0.1) is 0 Å². The topological polar surface area (TPSA) is 130 Å². The standard InChI is InChI=1S/C82H74O10/c1-56(2)34-35-65-44-73(76(85)48-78(65)90-53-61-28-16-7-17-29-61)82(86)81-70(68-40-39-67(88-51-59-24-12-5-13-25-59)46-79(68)91-54-62-30-18-8-19-31-62)42-57(3)43-71(81)69-47-72(75(84)49-80(69)92-55-63-32-20-9-21-33-63)74(83)41-37-64-36-38-66(87-50-58-22-10-4-11-23-58)45-77(64)89-52-60-26-14-6-15-27-60/h4-34,36-41,43-49,70-71,81,84-85H,35,42,50-55H2,1-3H3/b41-37+/t70-,71+,81-/m0/s1. The molecule has 10 aromatic rings. The van der Waals surface area contributed by atoms with Gasteiger partial charge in [-0.2, -0.15) is 0 Å². The van der Waals surface area contributed by atoms with Gasteiger partial charge in [0.15, 0.2) is 11.6 Å². The van der Waals surface area contributed by atoms with Gasteiger partial charge in [0.2, 0.25) is 0 Å². The summed E-state index contributed by atoms with van der Waals surface area (Å²) in [5, 5.41) is 24.5. The number of benzene rings is 10. The Morgan fingerprint density at radius 1 is 0.446 bits per heavy atom. The largest absolute Gasteiger partial charge is 0.507 e. The van der Waals surface area contributed by atoms with E-state index in [4.69, 9.17) is 28.4 Å². The average Bonchev–Trinajstić information content (AvgIpc) is 0.777. The van der Waals surface area contributed by atoms with Crippen LogP contribution in [0, 0.1) is 5.92 Å². The highest BCUT2D eigenvalue weighted by molar-refractivity contribution is 6.09. The summed E-state index contributed by atoms with van der Waals surface area (Å²) in [6.07, 6.45) is 8.05. The van der Waals surface area contributed by atoms with Gasteiger partial charge in [0.25, 0.3) is 0 Å². The van der Waals surface area contributed by atoms with Gasteiger partial charge in [0.05, 0.1) is 11.1 Å². The fraction of sp³-hybridized carbons (Fsp3) is 0.171. The predicted octanol–water partition coefficient (Wildman–Crippen LogP) is 18.7. The number of phenolic OH excluding ortho intramolecular Hbond substituents is 2. The van der Waals surface area contributed by atoms with Crippen LogP contribution in [0.3, 0.4) is 0 Å². The average molecular weight is 1220 g/mol. The molecule has 10 nitrogen and oxygen atoms in total. The molecule has 0 fully saturated rings. The molecule has 0 unspecified atom stereocenters. The zero-order valence-electron chi connectivity index (χ0n) is 52.0. The molecule has 11 rings (SSSR count). The number of Topliss-reactive ketones (excluding diaryl/α,β-unsaturated/α-hetero) is 1. The number of aromatic hydroxyl groups is 2. The second-order valence-electron chi connectivity index (χ2n) is 23.4. The number of carbonyl (C=O) groups is 2. The fourth-order valence-corrected chi connectivity index (χ4v) is 11.5. The summed E-state index contributed by atoms with van der Waals surface area (Å²) >= 11 is 0. The molecule has 0 saturated heterocycles. The molecule has 462 valence electrons. The number of hydrogen-bond acceptors (Lipinski definition) is 10. The van der Waals surface area contributed by atoms with Crippen LogP contribution in [-0.4, -0.2) is 21.8 Å². The van der Waals surface area contributed by atoms with E-state index in [9.17, 15) is 10.2 Å². The van der Waals surface area contributed by atoms with Gasteiger partial charge >= 0.3 is 0 Å². The monoisotopic (exact) mass is 1220 g/mol. The maximum absolute atomic E-state index is 16.5. The molecular formula is C82H74O10. The molecule has 0 saturated carbocycles. The Balaban J connectivity index is 1.03. The van der Waals surface area contributed by atoms with Crippen molar-refractivity contribution in [3.8, 4) is 46.0 Å². The summed E-state index contributed by atoms with van der Waals surface area (Å²) in [5.41, 5.74) is 10.3. The lowest BCUT2D eigenvalue weighted by atomic mass is 9.65. The molecule has 3 atom stereocenters. The van der Waals surface area contributed by atoms with Crippen LogP contribution in [-0.2, 0) is 46.1 Å². The van der Waals surface area contributed by atoms with Crippen molar-refractivity contribution in [1.29, 1.82) is 0 Å². The van der Waals surface area contributed by atoms with Crippen LogP contribution in [0.25, 0.3) is 6.08 Å². The van der Waals surface area contributed by atoms with E-state index in [1.54, 1.807) is 24.3 Å². The fourth-order valence-electron chi connectivity index (χ4n) is 11.5. The third-order valence-corrected chi connectivity index (χ3v) is 16.3. The van der Waals surface area contributed by atoms with Crippen molar-refractivity contribution in [3.63, 3.8) is 0 Å². The van der Waals surface area contributed by atoms with Crippen molar-refractivity contribution in [3.05, 3.63) is 339 Å². The molecule has 2 N–H and O–H groups in total. The summed E-state index contributed by atoms with van der Waals surface area (Å²) < 4.78 is 39.2. The van der Waals surface area contributed by atoms with Crippen LogP contribution in [0.4, 0.5) is 0 Å². The smallest absolute Gasteiger partial charge is 0.189 e. The molecule has 0 spiro atoms. The molecule has 10 aromatic carbocycles. The van der Waals surface area contributed by atoms with Gasteiger partial charge < -0.3 is 38.6 Å². The van der Waals surface area contributed by atoms with Crippen LogP contribution in [0.1, 0.15) is 115 Å². The lowest BCUT2D eigenvalue weighted by Gasteiger charge is -2.38. The van der Waals surface area contributed by atoms with Crippen molar-refractivity contribution in [2.45, 2.75) is 85.1 Å². The van der Waals surface area contributed by atoms with Crippen molar-refractivity contribution in [1.82, 2.24) is 0 Å². The zero-order valence-corrected chi connectivity index (χ0v) is 52.0. The third-order valence-electron chi connectivity index (χ3n) is 16.3. The Hall–Kier alpha value is -10.8. The van der Waals surface area contributed by atoms with E-state index in [1.807, 2.05) is 239 Å². The predicted molar refractivity (Wildman–Crippen MR) is 362 cm³/mol. The first-order chi connectivity index (χ1) is 45.0. The summed E-state index contributed by atoms with van der Waals surface area (Å²) in [6.45, 7) is 7.55. The first-order valence-corrected chi connectivity index (χ1v) is 31.1. The highest BCUT2D eigenvalue weighted by Crippen LogP contribution is 2.53. The van der Waals surface area contributed by atoms with Crippen LogP contribution < -0.4 is 28.4 Å². The van der Waals surface area contributed by atoms with Crippen molar-refractivity contribution in [2.24, 2.45) is 5.92 Å². The van der Waals surface area contributed by atoms with Gasteiger partial charge in [-0.1, -0.05) is 211 Å². The number of ketones is 2. The van der Waals surface area contributed by atoms with E-state index in [-0.39, 0.29) is 60.6 Å². The molecule has 0 aliphatic heterocycles. The number of hydrogen-bond donors (Lipinski definition) is 2. The minimum Gasteiger partial charge on any atom is -0.507 e. The lowest BCUT2D eigenvalue weighted by Crippen LogP contribution is -2.32. The SMILES string of the molecule is CC(C)=CCc1cc(C(=O)[C@@H]2[C@@H](c3cc(C(=O)/C=C/c4ccc(OCc5ccccc5)cc4OCc4ccccc4)c(O)cc3OCc3ccccc3)C=C(C)C[C@H]2c2ccc(OCc3ccccc3)cc2OCc2ccccc2)c(O)cc1OCc1ccccc1. The molecule has 0 radical (unpaired) electrons. The normalized spacial score (nSPS) is 14.4. The quantitative estimate of drug-likeness (QED) is 0.0292. The Bertz CT molecular complexity index is 4200. The van der Waals surface area contributed by atoms with E-state index >= 15 is 9.59 Å². The van der Waals surface area contributed by atoms with Crippen LogP contribution >= 0.6 is 0 Å². The Kier molecular flexibility index (Phi) is 20.9. The zero-order chi connectivity index (χ0) is 63.6. The van der Waals surface area contributed by atoms with Gasteiger partial charge in [-0.25, -0.2) is 0 Å². The summed E-state index contributed by atoms with van der Waals surface area (Å²) in [5.74, 6) is -0.974. The van der Waals surface area contributed by atoms with Crippen LogP contribution in [0.5, 0.6) is 46.0 Å². The summed E-state index contributed by atoms with van der Waals surface area (Å²) in [4.78, 5) is 31.6. The van der Waals surface area contributed by atoms with Crippen LogP contribution in [0.2, 0.25) is 0 Å². The molecule has 0 aromatic heterocycles. The van der Waals surface area contributed by atoms with Crippen molar-refractivity contribution >= 4 is 17.6 Å². The maximum Gasteiger partial charge on any atom is 0.189 e. The van der Waals surface area contributed by atoms with Gasteiger partial charge in [0, 0.05) is 53.1 Å². The first-order valence-electron chi connectivity index (χ1n) is 31.1. The number of phenols is 2. The number of rotatable bonds is 27. The van der Waals surface area contributed by atoms with Gasteiger partial charge in [0.1, 0.15) is 85.6 Å². The van der Waals surface area contributed by atoms with Crippen molar-refractivity contribution < 1.29 is 48.2 Å². The number of carbonyl (C=O) groups excluding carboxylic acids is 2. The molecular weight excluding hydrogens is 1140 g/mol. The Morgan fingerprint density at radius 2 is 0.859 bits per heavy atom. The van der Waals surface area contributed by atoms with Crippen LogP contribution in [0.15, 0.2) is 272 Å². The van der Waals surface area contributed by atoms with Crippen molar-refractivity contribution in [2.75, 3.05) is 0 Å². The molecule has 92 heavy (non-hydrogen) atoms. The Morgan fingerprint density at radius 3 is 1.35 bits per heavy atom. The number of ether oxygens (including phenoxy) is 6. The molecule has 1 aliphatic rings. The first kappa shape index (κ1) is 62.8. The van der Waals surface area contributed by atoms with E-state index < -0.39 is 23.5 Å². The number of allylic oxidation sites excluding steroid dienone is 5. The molecule has 1 aliphatic carbocycles.